The van der Waals surface area contributed by atoms with E-state index in [0.29, 0.717) is 17.0 Å². The van der Waals surface area contributed by atoms with Crippen molar-refractivity contribution in [3.8, 4) is 11.5 Å². The number of nitrogens with one attached hydrogen (secondary N) is 1. The number of methoxy groups -OCH3 is 1. The largest absolute Gasteiger partial charge is 0.497 e. The van der Waals surface area contributed by atoms with Crippen molar-refractivity contribution in [1.82, 2.24) is 0 Å². The van der Waals surface area contributed by atoms with Crippen molar-refractivity contribution in [2.75, 3.05) is 25.3 Å². The van der Waals surface area contributed by atoms with Crippen LogP contribution in [-0.4, -0.2) is 31.7 Å². The topological polar surface area (TPSA) is 64.6 Å². The Labute approximate surface area is 186 Å². The van der Waals surface area contributed by atoms with E-state index >= 15 is 0 Å². The molecule has 0 aliphatic heterocycles. The maximum Gasteiger partial charge on any atom is 0.262 e. The minimum atomic E-state index is -0.288. The average Bonchev–Trinajstić information content (AvgIpc) is 2.82. The van der Waals surface area contributed by atoms with Gasteiger partial charge in [-0.3, -0.25) is 9.59 Å². The first-order valence-corrected chi connectivity index (χ1v) is 10.8. The number of rotatable bonds is 9. The van der Waals surface area contributed by atoms with Crippen molar-refractivity contribution in [3.63, 3.8) is 0 Å². The standard InChI is InChI=1S/C25H23NO4S/c1-29-21-10-12-22(13-11-21)30-17-25(28)26-20-8-6-19(7-9-20)24(27)16-5-18-3-14-23(31-2)15-4-18/h3-16H,17H2,1-2H3,(H,26,28)/b16-5+. The average molecular weight is 434 g/mol. The number of ether oxygens (including phenoxy) is 2. The van der Waals surface area contributed by atoms with E-state index in [2.05, 4.69) is 5.32 Å². The van der Waals surface area contributed by atoms with E-state index in [1.54, 1.807) is 79.6 Å². The van der Waals surface area contributed by atoms with E-state index in [-0.39, 0.29) is 18.3 Å². The van der Waals surface area contributed by atoms with Crippen molar-refractivity contribution < 1.29 is 19.1 Å². The van der Waals surface area contributed by atoms with Gasteiger partial charge in [-0.1, -0.05) is 18.2 Å². The quantitative estimate of drug-likeness (QED) is 0.281. The Hall–Kier alpha value is -3.51. The SMILES string of the molecule is COc1ccc(OCC(=O)Nc2ccc(C(=O)/C=C/c3ccc(SC)cc3)cc2)cc1. The minimum absolute atomic E-state index is 0.102. The Morgan fingerprint density at radius 2 is 1.55 bits per heavy atom. The van der Waals surface area contributed by atoms with E-state index in [0.717, 1.165) is 11.3 Å². The summed E-state index contributed by atoms with van der Waals surface area (Å²) in [6, 6.07) is 21.7. The molecule has 6 heteroatoms. The second-order valence-corrected chi connectivity index (χ2v) is 7.44. The smallest absolute Gasteiger partial charge is 0.262 e. The molecule has 3 aromatic rings. The third kappa shape index (κ3) is 6.76. The number of ketones is 1. The Balaban J connectivity index is 1.50. The van der Waals surface area contributed by atoms with E-state index in [4.69, 9.17) is 9.47 Å². The van der Waals surface area contributed by atoms with Gasteiger partial charge in [0.15, 0.2) is 12.4 Å². The molecule has 5 nitrogen and oxygen atoms in total. The third-order valence-electron chi connectivity index (χ3n) is 4.43. The summed E-state index contributed by atoms with van der Waals surface area (Å²) < 4.78 is 10.5. The molecule has 3 rings (SSSR count). The Bertz CT molecular complexity index is 1040. The zero-order valence-corrected chi connectivity index (χ0v) is 18.1. The molecule has 0 spiro atoms. The molecular weight excluding hydrogens is 410 g/mol. The van der Waals surface area contributed by atoms with Crippen molar-refractivity contribution in [3.05, 3.63) is 90.0 Å². The first-order chi connectivity index (χ1) is 15.1. The van der Waals surface area contributed by atoms with Crippen LogP contribution >= 0.6 is 11.8 Å². The van der Waals surface area contributed by atoms with Gasteiger partial charge in [-0.15, -0.1) is 11.8 Å². The lowest BCUT2D eigenvalue weighted by Crippen LogP contribution is -2.20. The lowest BCUT2D eigenvalue weighted by molar-refractivity contribution is -0.118. The number of carbonyl (C=O) groups excluding carboxylic acids is 2. The van der Waals surface area contributed by atoms with Crippen LogP contribution in [0.5, 0.6) is 11.5 Å². The summed E-state index contributed by atoms with van der Waals surface area (Å²) in [5, 5.41) is 2.75. The molecule has 158 valence electrons. The van der Waals surface area contributed by atoms with Gasteiger partial charge in [-0.25, -0.2) is 0 Å². The van der Waals surface area contributed by atoms with Crippen LogP contribution in [0.1, 0.15) is 15.9 Å². The van der Waals surface area contributed by atoms with Gasteiger partial charge in [-0.2, -0.15) is 0 Å². The van der Waals surface area contributed by atoms with Gasteiger partial charge in [-0.05, 0) is 78.6 Å². The number of allylic oxidation sites excluding steroid dienone is 1. The van der Waals surface area contributed by atoms with Gasteiger partial charge in [0.1, 0.15) is 11.5 Å². The Kier molecular flexibility index (Phi) is 7.90. The molecule has 0 radical (unpaired) electrons. The summed E-state index contributed by atoms with van der Waals surface area (Å²) in [6.45, 7) is -0.120. The molecule has 31 heavy (non-hydrogen) atoms. The number of hydrogen-bond donors (Lipinski definition) is 1. The fraction of sp³-hybridized carbons (Fsp3) is 0.120. The third-order valence-corrected chi connectivity index (χ3v) is 5.17. The number of amides is 1. The monoisotopic (exact) mass is 433 g/mol. The van der Waals surface area contributed by atoms with Gasteiger partial charge < -0.3 is 14.8 Å². The first-order valence-electron chi connectivity index (χ1n) is 9.60. The van der Waals surface area contributed by atoms with Crippen LogP contribution in [0.3, 0.4) is 0 Å². The van der Waals surface area contributed by atoms with Crippen molar-refractivity contribution >= 4 is 35.2 Å². The van der Waals surface area contributed by atoms with E-state index in [1.165, 1.54) is 4.90 Å². The van der Waals surface area contributed by atoms with Crippen LogP contribution in [0.2, 0.25) is 0 Å². The van der Waals surface area contributed by atoms with Gasteiger partial charge in [0.05, 0.1) is 7.11 Å². The number of hydrogen-bond acceptors (Lipinski definition) is 5. The summed E-state index contributed by atoms with van der Waals surface area (Å²) in [6.07, 6.45) is 5.36. The van der Waals surface area contributed by atoms with Crippen LogP contribution in [0.25, 0.3) is 6.08 Å². The molecule has 0 saturated heterocycles. The van der Waals surface area contributed by atoms with E-state index < -0.39 is 0 Å². The summed E-state index contributed by atoms with van der Waals surface area (Å²) in [4.78, 5) is 25.6. The molecule has 1 N–H and O–H groups in total. The fourth-order valence-corrected chi connectivity index (χ4v) is 3.13. The molecule has 1 amide bonds. The number of anilines is 1. The zero-order valence-electron chi connectivity index (χ0n) is 17.3. The molecule has 0 atom stereocenters. The Morgan fingerprint density at radius 1 is 0.903 bits per heavy atom. The highest BCUT2D eigenvalue weighted by atomic mass is 32.2. The van der Waals surface area contributed by atoms with Crippen molar-refractivity contribution in [2.45, 2.75) is 4.90 Å². The number of thioether (sulfide) groups is 1. The number of benzene rings is 3. The van der Waals surface area contributed by atoms with Crippen LogP contribution in [0.15, 0.2) is 83.8 Å². The molecule has 0 unspecified atom stereocenters. The van der Waals surface area contributed by atoms with Crippen LogP contribution < -0.4 is 14.8 Å². The van der Waals surface area contributed by atoms with E-state index in [1.807, 2.05) is 30.5 Å². The summed E-state index contributed by atoms with van der Waals surface area (Å²) in [7, 11) is 1.59. The van der Waals surface area contributed by atoms with Crippen LogP contribution in [0.4, 0.5) is 5.69 Å². The highest BCUT2D eigenvalue weighted by Crippen LogP contribution is 2.18. The van der Waals surface area contributed by atoms with Crippen LogP contribution in [-0.2, 0) is 4.79 Å². The predicted octanol–water partition coefficient (Wildman–Crippen LogP) is 5.33. The lowest BCUT2D eigenvalue weighted by atomic mass is 10.1. The summed E-state index contributed by atoms with van der Waals surface area (Å²) in [5.74, 6) is 0.902. The highest BCUT2D eigenvalue weighted by Gasteiger charge is 2.06. The number of carbonyl (C=O) groups is 2. The fourth-order valence-electron chi connectivity index (χ4n) is 2.72. The molecule has 0 bridgehead atoms. The van der Waals surface area contributed by atoms with Gasteiger partial charge in [0.25, 0.3) is 5.91 Å². The lowest BCUT2D eigenvalue weighted by Gasteiger charge is -2.08. The molecule has 0 saturated carbocycles. The molecule has 3 aromatic carbocycles. The van der Waals surface area contributed by atoms with E-state index in [9.17, 15) is 9.59 Å². The Morgan fingerprint density at radius 3 is 2.16 bits per heavy atom. The second kappa shape index (κ2) is 11.0. The van der Waals surface area contributed by atoms with Crippen molar-refractivity contribution in [1.29, 1.82) is 0 Å². The molecular formula is C25H23NO4S. The predicted molar refractivity (Wildman–Crippen MR) is 125 cm³/mol. The molecule has 0 heterocycles. The maximum absolute atomic E-state index is 12.4. The maximum atomic E-state index is 12.4. The van der Waals surface area contributed by atoms with Crippen LogP contribution in [0, 0.1) is 0 Å². The normalized spacial score (nSPS) is 10.6. The highest BCUT2D eigenvalue weighted by molar-refractivity contribution is 7.98. The zero-order chi connectivity index (χ0) is 22.1. The molecule has 0 fully saturated rings. The van der Waals surface area contributed by atoms with Gasteiger partial charge in [0, 0.05) is 16.1 Å². The summed E-state index contributed by atoms with van der Waals surface area (Å²) in [5.41, 5.74) is 2.10. The molecule has 0 aromatic heterocycles. The van der Waals surface area contributed by atoms with Crippen molar-refractivity contribution in [2.24, 2.45) is 0 Å². The van der Waals surface area contributed by atoms with Gasteiger partial charge >= 0.3 is 0 Å². The van der Waals surface area contributed by atoms with Gasteiger partial charge in [0.2, 0.25) is 0 Å². The minimum Gasteiger partial charge on any atom is -0.497 e. The molecule has 0 aliphatic rings. The molecule has 0 aliphatic carbocycles. The second-order valence-electron chi connectivity index (χ2n) is 6.56. The first kappa shape index (κ1) is 22.2. The summed E-state index contributed by atoms with van der Waals surface area (Å²) >= 11 is 1.67.